The Bertz CT molecular complexity index is 771. The summed E-state index contributed by atoms with van der Waals surface area (Å²) in [4.78, 5) is -0.236. The average molecular weight is 336 g/mol. The van der Waals surface area contributed by atoms with E-state index in [4.69, 9.17) is 16.7 Å². The quantitative estimate of drug-likeness (QED) is 0.910. The van der Waals surface area contributed by atoms with Gasteiger partial charge in [-0.25, -0.2) is 13.6 Å². The summed E-state index contributed by atoms with van der Waals surface area (Å²) in [5.41, 5.74) is 0.200. The highest BCUT2D eigenvalue weighted by molar-refractivity contribution is 7.89. The first kappa shape index (κ1) is 15.8. The molecule has 0 unspecified atom stereocenters. The van der Waals surface area contributed by atoms with E-state index in [0.29, 0.717) is 11.1 Å². The molecule has 2 rings (SSSR count). The third-order valence-corrected chi connectivity index (χ3v) is 4.18. The molecule has 0 saturated carbocycles. The summed E-state index contributed by atoms with van der Waals surface area (Å²) in [6.45, 7) is 0. The number of rotatable bonds is 2. The Labute approximate surface area is 124 Å². The molecular weight excluding hydrogens is 327 g/mol. The number of alkyl halides is 3. The second kappa shape index (κ2) is 5.32. The van der Waals surface area contributed by atoms with Gasteiger partial charge in [0.1, 0.15) is 4.90 Å². The third-order valence-electron chi connectivity index (χ3n) is 2.78. The van der Waals surface area contributed by atoms with Gasteiger partial charge in [-0.1, -0.05) is 29.8 Å². The van der Waals surface area contributed by atoms with E-state index < -0.39 is 21.8 Å². The highest BCUT2D eigenvalue weighted by atomic mass is 35.5. The van der Waals surface area contributed by atoms with Gasteiger partial charge in [0.2, 0.25) is 10.0 Å². The number of benzene rings is 2. The fourth-order valence-electron chi connectivity index (χ4n) is 1.76. The number of hydrogen-bond donors (Lipinski definition) is 1. The van der Waals surface area contributed by atoms with Crippen molar-refractivity contribution in [3.63, 3.8) is 0 Å². The molecule has 0 aliphatic heterocycles. The van der Waals surface area contributed by atoms with Crippen LogP contribution in [0, 0.1) is 0 Å². The largest absolute Gasteiger partial charge is 0.416 e. The third kappa shape index (κ3) is 3.55. The molecule has 0 radical (unpaired) electrons. The van der Waals surface area contributed by atoms with Crippen molar-refractivity contribution in [2.45, 2.75) is 11.1 Å². The van der Waals surface area contributed by atoms with Gasteiger partial charge >= 0.3 is 6.18 Å². The normalized spacial score (nSPS) is 12.4. The van der Waals surface area contributed by atoms with Crippen molar-refractivity contribution < 1.29 is 21.6 Å². The molecule has 21 heavy (non-hydrogen) atoms. The van der Waals surface area contributed by atoms with Crippen LogP contribution in [-0.4, -0.2) is 8.42 Å². The minimum atomic E-state index is -4.41. The molecule has 0 heterocycles. The van der Waals surface area contributed by atoms with Crippen molar-refractivity contribution in [3.05, 3.63) is 53.1 Å². The second-order valence-electron chi connectivity index (χ2n) is 4.27. The zero-order chi connectivity index (χ0) is 15.8. The summed E-state index contributed by atoms with van der Waals surface area (Å²) in [6, 6.07) is 8.42. The Kier molecular flexibility index (Phi) is 4.01. The lowest BCUT2D eigenvalue weighted by molar-refractivity contribution is -0.137. The molecule has 0 fully saturated rings. The number of hydrogen-bond acceptors (Lipinski definition) is 2. The number of primary sulfonamides is 1. The van der Waals surface area contributed by atoms with Crippen LogP contribution in [0.4, 0.5) is 13.2 Å². The second-order valence-corrected chi connectivity index (χ2v) is 6.20. The average Bonchev–Trinajstić information content (AvgIpc) is 2.36. The van der Waals surface area contributed by atoms with E-state index in [9.17, 15) is 21.6 Å². The molecule has 0 atom stereocenters. The fourth-order valence-corrected chi connectivity index (χ4v) is 2.85. The molecule has 2 aromatic carbocycles. The van der Waals surface area contributed by atoms with Crippen molar-refractivity contribution in [2.24, 2.45) is 5.14 Å². The van der Waals surface area contributed by atoms with Gasteiger partial charge in [0.25, 0.3) is 0 Å². The van der Waals surface area contributed by atoms with E-state index in [0.717, 1.165) is 12.1 Å². The molecule has 0 spiro atoms. The SMILES string of the molecule is NS(=O)(=O)c1ccc(-c2ccc(C(F)(F)F)cc2)cc1Cl. The van der Waals surface area contributed by atoms with E-state index in [-0.39, 0.29) is 9.92 Å². The summed E-state index contributed by atoms with van der Waals surface area (Å²) in [5.74, 6) is 0. The lowest BCUT2D eigenvalue weighted by atomic mass is 10.0. The predicted molar refractivity (Wildman–Crippen MR) is 73.3 cm³/mol. The van der Waals surface area contributed by atoms with Gasteiger partial charge in [0.15, 0.2) is 0 Å². The molecule has 2 aromatic rings. The van der Waals surface area contributed by atoms with Crippen LogP contribution >= 0.6 is 11.6 Å². The minimum Gasteiger partial charge on any atom is -0.225 e. The number of nitrogens with two attached hydrogens (primary N) is 1. The van der Waals surface area contributed by atoms with Crippen molar-refractivity contribution in [1.29, 1.82) is 0 Å². The molecule has 3 nitrogen and oxygen atoms in total. The van der Waals surface area contributed by atoms with Gasteiger partial charge in [-0.3, -0.25) is 0 Å². The molecule has 0 aromatic heterocycles. The summed E-state index contributed by atoms with van der Waals surface area (Å²) in [6.07, 6.45) is -4.41. The smallest absolute Gasteiger partial charge is 0.225 e. The first-order valence-corrected chi connectivity index (χ1v) is 7.51. The lowest BCUT2D eigenvalue weighted by Crippen LogP contribution is -2.12. The Hall–Kier alpha value is -1.57. The van der Waals surface area contributed by atoms with E-state index >= 15 is 0 Å². The molecule has 0 amide bonds. The molecular formula is C13H9ClF3NO2S. The molecule has 0 aliphatic rings. The molecule has 2 N–H and O–H groups in total. The molecule has 0 aliphatic carbocycles. The molecule has 0 saturated heterocycles. The Morgan fingerprint density at radius 1 is 0.952 bits per heavy atom. The van der Waals surface area contributed by atoms with E-state index in [1.807, 2.05) is 0 Å². The van der Waals surface area contributed by atoms with Crippen LogP contribution in [0.5, 0.6) is 0 Å². The zero-order valence-corrected chi connectivity index (χ0v) is 11.9. The van der Waals surface area contributed by atoms with Crippen LogP contribution in [0.3, 0.4) is 0 Å². The Morgan fingerprint density at radius 2 is 1.48 bits per heavy atom. The van der Waals surface area contributed by atoms with Gasteiger partial charge in [0, 0.05) is 0 Å². The van der Waals surface area contributed by atoms with Gasteiger partial charge in [-0.05, 0) is 35.4 Å². The number of halogens is 4. The maximum absolute atomic E-state index is 12.5. The van der Waals surface area contributed by atoms with Crippen LogP contribution in [0.2, 0.25) is 5.02 Å². The highest BCUT2D eigenvalue weighted by Crippen LogP contribution is 2.32. The lowest BCUT2D eigenvalue weighted by Gasteiger charge is -2.09. The summed E-state index contributed by atoms with van der Waals surface area (Å²) < 4.78 is 59.9. The maximum atomic E-state index is 12.5. The van der Waals surface area contributed by atoms with Crippen LogP contribution in [0.1, 0.15) is 5.56 Å². The first-order valence-electron chi connectivity index (χ1n) is 5.59. The first-order chi connectivity index (χ1) is 9.59. The van der Waals surface area contributed by atoms with E-state index in [2.05, 4.69) is 0 Å². The van der Waals surface area contributed by atoms with E-state index in [1.165, 1.54) is 30.3 Å². The standard InChI is InChI=1S/C13H9ClF3NO2S/c14-11-7-9(3-6-12(11)21(18,19)20)8-1-4-10(5-2-8)13(15,16)17/h1-7H,(H2,18,19,20). The van der Waals surface area contributed by atoms with Crippen LogP contribution in [-0.2, 0) is 16.2 Å². The summed E-state index contributed by atoms with van der Waals surface area (Å²) in [7, 11) is -3.94. The van der Waals surface area contributed by atoms with Crippen molar-refractivity contribution in [2.75, 3.05) is 0 Å². The highest BCUT2D eigenvalue weighted by Gasteiger charge is 2.30. The van der Waals surface area contributed by atoms with Gasteiger partial charge < -0.3 is 0 Å². The maximum Gasteiger partial charge on any atom is 0.416 e. The topological polar surface area (TPSA) is 60.2 Å². The van der Waals surface area contributed by atoms with Gasteiger partial charge in [-0.2, -0.15) is 13.2 Å². The minimum absolute atomic E-state index is 0.0881. The Balaban J connectivity index is 2.42. The fraction of sp³-hybridized carbons (Fsp3) is 0.0769. The zero-order valence-electron chi connectivity index (χ0n) is 10.4. The van der Waals surface area contributed by atoms with E-state index in [1.54, 1.807) is 0 Å². The van der Waals surface area contributed by atoms with Crippen LogP contribution in [0.25, 0.3) is 11.1 Å². The van der Waals surface area contributed by atoms with Crippen molar-refractivity contribution in [3.8, 4) is 11.1 Å². The summed E-state index contributed by atoms with van der Waals surface area (Å²) in [5, 5.41) is 4.89. The van der Waals surface area contributed by atoms with Crippen molar-refractivity contribution in [1.82, 2.24) is 0 Å². The van der Waals surface area contributed by atoms with Gasteiger partial charge in [0.05, 0.1) is 10.6 Å². The molecule has 0 bridgehead atoms. The van der Waals surface area contributed by atoms with Crippen LogP contribution in [0.15, 0.2) is 47.4 Å². The molecule has 8 heteroatoms. The monoisotopic (exact) mass is 335 g/mol. The Morgan fingerprint density at radius 3 is 1.90 bits per heavy atom. The van der Waals surface area contributed by atoms with Crippen molar-refractivity contribution >= 4 is 21.6 Å². The predicted octanol–water partition coefficient (Wildman–Crippen LogP) is 3.67. The van der Waals surface area contributed by atoms with Gasteiger partial charge in [-0.15, -0.1) is 0 Å². The number of sulfonamides is 1. The van der Waals surface area contributed by atoms with Crippen LogP contribution < -0.4 is 5.14 Å². The molecule has 112 valence electrons. The summed E-state index contributed by atoms with van der Waals surface area (Å²) >= 11 is 5.83.